The van der Waals surface area contributed by atoms with E-state index in [0.717, 1.165) is 17.1 Å². The van der Waals surface area contributed by atoms with E-state index in [1.54, 1.807) is 11.6 Å². The quantitative estimate of drug-likeness (QED) is 0.755. The van der Waals surface area contributed by atoms with Crippen LogP contribution in [-0.2, 0) is 13.6 Å². The lowest BCUT2D eigenvalue weighted by atomic mass is 10.2. The van der Waals surface area contributed by atoms with E-state index >= 15 is 0 Å². The summed E-state index contributed by atoms with van der Waals surface area (Å²) in [5, 5.41) is 2.45. The summed E-state index contributed by atoms with van der Waals surface area (Å²) in [4.78, 5) is 16.3. The van der Waals surface area contributed by atoms with Crippen molar-refractivity contribution in [3.8, 4) is 0 Å². The summed E-state index contributed by atoms with van der Waals surface area (Å²) in [6.45, 7) is 0.0302. The van der Waals surface area contributed by atoms with Gasteiger partial charge in [-0.2, -0.15) is 0 Å². The highest BCUT2D eigenvalue weighted by atomic mass is 19.2. The number of hydrogen-bond acceptors (Lipinski definition) is 2. The van der Waals surface area contributed by atoms with Crippen molar-refractivity contribution in [1.29, 1.82) is 0 Å². The Hall–Kier alpha value is -2.83. The maximum atomic E-state index is 13.6. The van der Waals surface area contributed by atoms with Gasteiger partial charge in [-0.25, -0.2) is 18.2 Å². The SMILES string of the molecule is Cn1c(CNC(=O)c2ccc(F)c(F)c2F)nc2ccccc21. The van der Waals surface area contributed by atoms with Gasteiger partial charge >= 0.3 is 0 Å². The molecular weight excluding hydrogens is 307 g/mol. The number of amides is 1. The molecule has 23 heavy (non-hydrogen) atoms. The Morgan fingerprint density at radius 1 is 1.13 bits per heavy atom. The number of aromatic nitrogens is 2. The van der Waals surface area contributed by atoms with E-state index < -0.39 is 28.9 Å². The number of carbonyl (C=O) groups is 1. The first kappa shape index (κ1) is 15.1. The van der Waals surface area contributed by atoms with E-state index in [9.17, 15) is 18.0 Å². The number of nitrogens with zero attached hydrogens (tertiary/aromatic N) is 2. The Bertz CT molecular complexity index is 905. The molecule has 118 valence electrons. The van der Waals surface area contributed by atoms with Gasteiger partial charge in [-0.05, 0) is 24.3 Å². The van der Waals surface area contributed by atoms with Crippen molar-refractivity contribution >= 4 is 16.9 Å². The van der Waals surface area contributed by atoms with E-state index in [1.165, 1.54) is 0 Å². The van der Waals surface area contributed by atoms with Gasteiger partial charge in [0.2, 0.25) is 0 Å². The fourth-order valence-electron chi connectivity index (χ4n) is 2.31. The number of rotatable bonds is 3. The number of halogens is 3. The molecule has 4 nitrogen and oxygen atoms in total. The summed E-state index contributed by atoms with van der Waals surface area (Å²) in [6.07, 6.45) is 0. The van der Waals surface area contributed by atoms with Gasteiger partial charge in [-0.1, -0.05) is 12.1 Å². The monoisotopic (exact) mass is 319 g/mol. The molecule has 1 N–H and O–H groups in total. The van der Waals surface area contributed by atoms with Gasteiger partial charge in [-0.15, -0.1) is 0 Å². The summed E-state index contributed by atoms with van der Waals surface area (Å²) in [7, 11) is 1.79. The molecule has 7 heteroatoms. The van der Waals surface area contributed by atoms with E-state index in [4.69, 9.17) is 0 Å². The van der Waals surface area contributed by atoms with Crippen LogP contribution in [-0.4, -0.2) is 15.5 Å². The van der Waals surface area contributed by atoms with Crippen LogP contribution in [0.2, 0.25) is 0 Å². The Balaban J connectivity index is 1.81. The van der Waals surface area contributed by atoms with E-state index in [2.05, 4.69) is 10.3 Å². The van der Waals surface area contributed by atoms with Gasteiger partial charge in [0.25, 0.3) is 5.91 Å². The molecule has 0 atom stereocenters. The summed E-state index contributed by atoms with van der Waals surface area (Å²) >= 11 is 0. The van der Waals surface area contributed by atoms with E-state index in [0.29, 0.717) is 11.9 Å². The zero-order chi connectivity index (χ0) is 16.6. The van der Waals surface area contributed by atoms with Gasteiger partial charge in [0.05, 0.1) is 23.1 Å². The molecule has 3 rings (SSSR count). The van der Waals surface area contributed by atoms with Crippen LogP contribution in [0.4, 0.5) is 13.2 Å². The molecule has 0 saturated heterocycles. The zero-order valence-corrected chi connectivity index (χ0v) is 12.1. The first-order chi connectivity index (χ1) is 11.0. The lowest BCUT2D eigenvalue weighted by Crippen LogP contribution is -2.25. The molecule has 0 bridgehead atoms. The normalized spacial score (nSPS) is 11.0. The fourth-order valence-corrected chi connectivity index (χ4v) is 2.31. The average Bonchev–Trinajstić information content (AvgIpc) is 2.87. The highest BCUT2D eigenvalue weighted by Crippen LogP contribution is 2.16. The smallest absolute Gasteiger partial charge is 0.254 e. The van der Waals surface area contributed by atoms with Gasteiger partial charge in [0, 0.05) is 7.05 Å². The molecule has 0 aliphatic carbocycles. The molecule has 0 radical (unpaired) electrons. The van der Waals surface area contributed by atoms with Crippen molar-refractivity contribution in [2.45, 2.75) is 6.54 Å². The summed E-state index contributed by atoms with van der Waals surface area (Å²) in [6, 6.07) is 9.02. The summed E-state index contributed by atoms with van der Waals surface area (Å²) < 4.78 is 41.4. The summed E-state index contributed by atoms with van der Waals surface area (Å²) in [5.41, 5.74) is 1.09. The third-order valence-corrected chi connectivity index (χ3v) is 3.57. The Labute approximate surface area is 129 Å². The molecule has 0 fully saturated rings. The van der Waals surface area contributed by atoms with Gasteiger partial charge < -0.3 is 9.88 Å². The van der Waals surface area contributed by atoms with Crippen LogP contribution in [0.5, 0.6) is 0 Å². The Morgan fingerprint density at radius 3 is 2.61 bits per heavy atom. The standard InChI is InChI=1S/C16H12F3N3O/c1-22-12-5-3-2-4-11(12)21-13(22)8-20-16(23)9-6-7-10(17)15(19)14(9)18/h2-7H,8H2,1H3,(H,20,23). The van der Waals surface area contributed by atoms with Crippen molar-refractivity contribution in [1.82, 2.24) is 14.9 Å². The van der Waals surface area contributed by atoms with Crippen molar-refractivity contribution in [3.05, 3.63) is 65.2 Å². The second-order valence-corrected chi connectivity index (χ2v) is 4.98. The minimum absolute atomic E-state index is 0.0302. The zero-order valence-electron chi connectivity index (χ0n) is 12.1. The van der Waals surface area contributed by atoms with Crippen LogP contribution >= 0.6 is 0 Å². The van der Waals surface area contributed by atoms with Crippen LogP contribution in [0.3, 0.4) is 0 Å². The largest absolute Gasteiger partial charge is 0.345 e. The van der Waals surface area contributed by atoms with Crippen molar-refractivity contribution in [2.24, 2.45) is 7.05 Å². The number of fused-ring (bicyclic) bond motifs is 1. The van der Waals surface area contributed by atoms with E-state index in [-0.39, 0.29) is 6.54 Å². The van der Waals surface area contributed by atoms with Crippen molar-refractivity contribution in [2.75, 3.05) is 0 Å². The second kappa shape index (κ2) is 5.75. The van der Waals surface area contributed by atoms with Crippen LogP contribution in [0.25, 0.3) is 11.0 Å². The number of imidazole rings is 1. The van der Waals surface area contributed by atoms with Gasteiger partial charge in [0.1, 0.15) is 5.82 Å². The predicted octanol–water partition coefficient (Wildman–Crippen LogP) is 2.92. The molecule has 0 spiro atoms. The molecule has 3 aromatic rings. The lowest BCUT2D eigenvalue weighted by molar-refractivity contribution is 0.0944. The maximum Gasteiger partial charge on any atom is 0.254 e. The first-order valence-corrected chi connectivity index (χ1v) is 6.81. The minimum Gasteiger partial charge on any atom is -0.345 e. The molecule has 2 aromatic carbocycles. The minimum atomic E-state index is -1.67. The number of aryl methyl sites for hydroxylation is 1. The third kappa shape index (κ3) is 2.65. The lowest BCUT2D eigenvalue weighted by Gasteiger charge is -2.07. The van der Waals surface area contributed by atoms with Crippen molar-refractivity contribution < 1.29 is 18.0 Å². The number of hydrogen-bond donors (Lipinski definition) is 1. The molecule has 1 aromatic heterocycles. The molecule has 0 saturated carbocycles. The van der Waals surface area contributed by atoms with Crippen LogP contribution in [0.1, 0.15) is 16.2 Å². The number of nitrogens with one attached hydrogen (secondary N) is 1. The molecule has 0 aliphatic rings. The average molecular weight is 319 g/mol. The van der Waals surface area contributed by atoms with E-state index in [1.807, 2.05) is 24.3 Å². The highest BCUT2D eigenvalue weighted by Gasteiger charge is 2.19. The second-order valence-electron chi connectivity index (χ2n) is 4.98. The Kier molecular flexibility index (Phi) is 3.77. The highest BCUT2D eigenvalue weighted by molar-refractivity contribution is 5.94. The number of benzene rings is 2. The van der Waals surface area contributed by atoms with Crippen LogP contribution < -0.4 is 5.32 Å². The van der Waals surface area contributed by atoms with Gasteiger partial charge in [-0.3, -0.25) is 4.79 Å². The van der Waals surface area contributed by atoms with Crippen LogP contribution in [0.15, 0.2) is 36.4 Å². The molecule has 1 amide bonds. The van der Waals surface area contributed by atoms with Crippen molar-refractivity contribution in [3.63, 3.8) is 0 Å². The fraction of sp³-hybridized carbons (Fsp3) is 0.125. The Morgan fingerprint density at radius 2 is 1.87 bits per heavy atom. The molecule has 1 heterocycles. The number of carbonyl (C=O) groups excluding carboxylic acids is 1. The number of para-hydroxylation sites is 2. The third-order valence-electron chi connectivity index (χ3n) is 3.57. The molecule has 0 aliphatic heterocycles. The maximum absolute atomic E-state index is 13.6. The first-order valence-electron chi connectivity index (χ1n) is 6.81. The molecular formula is C16H12F3N3O. The predicted molar refractivity (Wildman–Crippen MR) is 78.2 cm³/mol. The molecule has 0 unspecified atom stereocenters. The topological polar surface area (TPSA) is 46.9 Å². The van der Waals surface area contributed by atoms with Gasteiger partial charge in [0.15, 0.2) is 17.5 Å². The summed E-state index contributed by atoms with van der Waals surface area (Å²) in [5.74, 6) is -4.79. The van der Waals surface area contributed by atoms with Crippen LogP contribution in [0, 0.1) is 17.5 Å².